The summed E-state index contributed by atoms with van der Waals surface area (Å²) in [5.41, 5.74) is 6.85. The first-order chi connectivity index (χ1) is 28.0. The molecule has 0 spiro atoms. The predicted octanol–water partition coefficient (Wildman–Crippen LogP) is 4.46. The van der Waals surface area contributed by atoms with Gasteiger partial charge >= 0.3 is 0 Å². The molecule has 1 atom stereocenters. The van der Waals surface area contributed by atoms with E-state index in [1.165, 1.54) is 24.3 Å². The number of nitrogens with two attached hydrogens (primary N) is 1. The number of sulfonamides is 1. The van der Waals surface area contributed by atoms with Gasteiger partial charge in [0.05, 0.1) is 34.9 Å². The number of nitrogens with one attached hydrogen (secondary N) is 6. The molecule has 4 amide bonds. The molecule has 0 unspecified atom stereocenters. The van der Waals surface area contributed by atoms with E-state index in [2.05, 4.69) is 41.3 Å². The molecule has 1 aliphatic heterocycles. The minimum Gasteiger partial charge on any atom is -0.494 e. The molecular weight excluding hydrogens is 779 g/mol. The number of aryl methyl sites for hydroxylation is 1. The van der Waals surface area contributed by atoms with Crippen LogP contribution in [0.1, 0.15) is 79.2 Å². The Morgan fingerprint density at radius 3 is 2.46 bits per heavy atom. The summed E-state index contributed by atoms with van der Waals surface area (Å²) < 4.78 is 34.2. The lowest BCUT2D eigenvalue weighted by atomic mass is 9.90. The summed E-state index contributed by atoms with van der Waals surface area (Å²) in [6.45, 7) is 7.86. The van der Waals surface area contributed by atoms with Crippen molar-refractivity contribution in [2.24, 2.45) is 11.7 Å². The van der Waals surface area contributed by atoms with Gasteiger partial charge in [0.25, 0.3) is 0 Å². The number of nitrogens with zero attached hydrogens (tertiary/aromatic N) is 2. The smallest absolute Gasteiger partial charge is 0.249 e. The Labute approximate surface area is 342 Å². The molecule has 0 radical (unpaired) electrons. The second-order valence-corrected chi connectivity index (χ2v) is 16.7. The van der Waals surface area contributed by atoms with Gasteiger partial charge in [-0.15, -0.1) is 0 Å². The van der Waals surface area contributed by atoms with Crippen LogP contribution in [-0.2, 0) is 24.4 Å². The topological polar surface area (TPSA) is 253 Å². The van der Waals surface area contributed by atoms with Gasteiger partial charge in [0.2, 0.25) is 39.6 Å². The molecule has 312 valence electrons. The van der Waals surface area contributed by atoms with Gasteiger partial charge in [0.15, 0.2) is 5.78 Å². The monoisotopic (exact) mass is 827 g/mol. The number of primary amides is 1. The average molecular weight is 828 g/mol. The van der Waals surface area contributed by atoms with Gasteiger partial charge in [-0.3, -0.25) is 29.3 Å². The number of imide groups is 1. The largest absolute Gasteiger partial charge is 0.494 e. The van der Waals surface area contributed by atoms with E-state index in [0.717, 1.165) is 5.56 Å². The second kappa shape index (κ2) is 19.5. The van der Waals surface area contributed by atoms with Crippen LogP contribution in [0.15, 0.2) is 77.8 Å². The molecule has 17 nitrogen and oxygen atoms in total. The molecule has 0 aliphatic carbocycles. The van der Waals surface area contributed by atoms with Crippen LogP contribution < -0.4 is 41.8 Å². The molecule has 2 heterocycles. The fraction of sp³-hybridized carbons (Fsp3) is 0.341. The summed E-state index contributed by atoms with van der Waals surface area (Å²) in [4.78, 5) is 71.7. The fourth-order valence-electron chi connectivity index (χ4n) is 6.14. The van der Waals surface area contributed by atoms with Crippen LogP contribution in [0, 0.1) is 12.8 Å². The number of hydrogen-bond acceptors (Lipinski definition) is 13. The Hall–Kier alpha value is -6.24. The number of Topliss-reactive ketones (excluding diaryl/α,β-unsaturated/α-hetero) is 1. The number of carbonyl (C=O) groups excluding carboxylic acids is 5. The molecule has 1 saturated heterocycles. The summed E-state index contributed by atoms with van der Waals surface area (Å²) in [6, 6.07) is 18.0. The van der Waals surface area contributed by atoms with Gasteiger partial charge in [-0.25, -0.2) is 18.1 Å². The number of amides is 4. The van der Waals surface area contributed by atoms with E-state index in [1.54, 1.807) is 57.3 Å². The third-order valence-electron chi connectivity index (χ3n) is 8.89. The van der Waals surface area contributed by atoms with Gasteiger partial charge < -0.3 is 31.7 Å². The molecule has 1 aliphatic rings. The van der Waals surface area contributed by atoms with Crippen LogP contribution in [0.5, 0.6) is 5.75 Å². The molecule has 0 saturated carbocycles. The molecular formula is C41H49N9O8S. The molecule has 3 aromatic carbocycles. The van der Waals surface area contributed by atoms with E-state index >= 15 is 0 Å². The van der Waals surface area contributed by atoms with Gasteiger partial charge in [-0.2, -0.15) is 4.98 Å². The lowest BCUT2D eigenvalue weighted by Gasteiger charge is -2.20. The first-order valence-electron chi connectivity index (χ1n) is 19.0. The van der Waals surface area contributed by atoms with Crippen molar-refractivity contribution in [3.8, 4) is 5.75 Å². The van der Waals surface area contributed by atoms with Crippen LogP contribution in [0.25, 0.3) is 0 Å². The minimum absolute atomic E-state index is 0.0811. The highest BCUT2D eigenvalue weighted by molar-refractivity contribution is 7.89. The summed E-state index contributed by atoms with van der Waals surface area (Å²) in [5, 5.41) is 14.3. The molecule has 4 aromatic rings. The SMILES string of the molecule is Cc1cnc(Nc2ccc(OCCCNCC(=O)Nc3cccc(C(N)=O)c3C(=O)C[C@H]3CCCC(=O)NC3=O)cc2)nc1Nc1cccc(S(=O)(=O)NC(C)(C)C)c1. The third-order valence-corrected chi connectivity index (χ3v) is 10.6. The van der Waals surface area contributed by atoms with Crippen LogP contribution in [-0.4, -0.2) is 73.0 Å². The van der Waals surface area contributed by atoms with Crippen LogP contribution >= 0.6 is 0 Å². The third kappa shape index (κ3) is 12.9. The highest BCUT2D eigenvalue weighted by atomic mass is 32.2. The van der Waals surface area contributed by atoms with E-state index in [9.17, 15) is 32.4 Å². The van der Waals surface area contributed by atoms with E-state index in [4.69, 9.17) is 10.5 Å². The highest BCUT2D eigenvalue weighted by Gasteiger charge is 2.30. The van der Waals surface area contributed by atoms with Gasteiger partial charge in [0, 0.05) is 47.4 Å². The Morgan fingerprint density at radius 1 is 0.983 bits per heavy atom. The molecule has 59 heavy (non-hydrogen) atoms. The Morgan fingerprint density at radius 2 is 1.73 bits per heavy atom. The number of aromatic nitrogens is 2. The summed E-state index contributed by atoms with van der Waals surface area (Å²) in [5.74, 6) is -2.12. The minimum atomic E-state index is -3.73. The van der Waals surface area contributed by atoms with Crippen molar-refractivity contribution in [3.05, 3.63) is 89.6 Å². The van der Waals surface area contributed by atoms with Crippen molar-refractivity contribution in [2.75, 3.05) is 35.6 Å². The van der Waals surface area contributed by atoms with Crippen molar-refractivity contribution < 1.29 is 37.1 Å². The van der Waals surface area contributed by atoms with Crippen molar-refractivity contribution in [3.63, 3.8) is 0 Å². The predicted molar refractivity (Wildman–Crippen MR) is 222 cm³/mol. The zero-order chi connectivity index (χ0) is 42.7. The quantitative estimate of drug-likeness (QED) is 0.0416. The molecule has 8 N–H and O–H groups in total. The van der Waals surface area contributed by atoms with Crippen molar-refractivity contribution in [1.29, 1.82) is 0 Å². The summed E-state index contributed by atoms with van der Waals surface area (Å²) >= 11 is 0. The summed E-state index contributed by atoms with van der Waals surface area (Å²) in [7, 11) is -3.73. The van der Waals surface area contributed by atoms with Crippen molar-refractivity contribution in [1.82, 2.24) is 25.3 Å². The van der Waals surface area contributed by atoms with E-state index in [0.29, 0.717) is 61.3 Å². The molecule has 18 heteroatoms. The zero-order valence-electron chi connectivity index (χ0n) is 33.3. The Kier molecular flexibility index (Phi) is 14.5. The van der Waals surface area contributed by atoms with Crippen LogP contribution in [0.3, 0.4) is 0 Å². The fourth-order valence-corrected chi connectivity index (χ4v) is 7.60. The average Bonchev–Trinajstić information content (AvgIpc) is 3.32. The first kappa shape index (κ1) is 43.9. The number of hydrogen-bond donors (Lipinski definition) is 7. The number of ether oxygens (including phenoxy) is 1. The van der Waals surface area contributed by atoms with Crippen LogP contribution in [0.2, 0.25) is 0 Å². The number of anilines is 5. The molecule has 1 aromatic heterocycles. The number of benzene rings is 3. The molecule has 0 bridgehead atoms. The van der Waals surface area contributed by atoms with Crippen molar-refractivity contribution in [2.45, 2.75) is 70.2 Å². The van der Waals surface area contributed by atoms with Gasteiger partial charge in [-0.1, -0.05) is 12.1 Å². The number of rotatable bonds is 18. The standard InChI is InChI=1S/C41H49N9O8S/c1-25-23-44-40(49-38(25)45-28-10-6-11-30(22-28)59(56,57)50-41(2,3)4)46-27-15-17-29(18-16-27)58-20-8-19-43-24-35(53)47-32-13-7-12-31(37(42)54)36(32)33(51)21-26-9-5-14-34(52)48-39(26)55/h6-7,10-13,15-18,22-23,26,43,50H,5,8-9,14,19-21,24H2,1-4H3,(H2,42,54)(H,47,53)(H,48,52,55)(H2,44,45,46,49)/t26-/m1/s1. The van der Waals surface area contributed by atoms with E-state index < -0.39 is 50.9 Å². The highest BCUT2D eigenvalue weighted by Crippen LogP contribution is 2.27. The van der Waals surface area contributed by atoms with E-state index in [-0.39, 0.29) is 41.1 Å². The molecule has 1 fully saturated rings. The first-order valence-corrected chi connectivity index (χ1v) is 20.5. The molecule has 5 rings (SSSR count). The van der Waals surface area contributed by atoms with Crippen molar-refractivity contribution >= 4 is 68.3 Å². The van der Waals surface area contributed by atoms with Gasteiger partial charge in [-0.05, 0) is 108 Å². The van der Waals surface area contributed by atoms with E-state index in [1.807, 2.05) is 19.1 Å². The number of carbonyl (C=O) groups is 5. The van der Waals surface area contributed by atoms with Crippen LogP contribution in [0.4, 0.5) is 28.8 Å². The second-order valence-electron chi connectivity index (χ2n) is 15.0. The Bertz CT molecular complexity index is 2310. The Balaban J connectivity index is 1.07. The maximum Gasteiger partial charge on any atom is 0.249 e. The maximum atomic E-state index is 13.4. The number of ketones is 1. The van der Waals surface area contributed by atoms with Gasteiger partial charge in [0.1, 0.15) is 11.6 Å². The maximum absolute atomic E-state index is 13.4. The summed E-state index contributed by atoms with van der Waals surface area (Å²) in [6.07, 6.45) is 2.92. The lowest BCUT2D eigenvalue weighted by molar-refractivity contribution is -0.131. The zero-order valence-corrected chi connectivity index (χ0v) is 34.1. The lowest BCUT2D eigenvalue weighted by Crippen LogP contribution is -2.40. The normalized spacial score (nSPS) is 14.5.